The van der Waals surface area contributed by atoms with Crippen LogP contribution in [0, 0.1) is 12.8 Å². The summed E-state index contributed by atoms with van der Waals surface area (Å²) in [6.07, 6.45) is 9.45. The number of urea groups is 1. The molecule has 6 rings (SSSR count). The maximum Gasteiger partial charge on any atom is 0.326 e. The highest BCUT2D eigenvalue weighted by atomic mass is 32.2. The minimum Gasteiger partial charge on any atom is -0.474 e. The molecule has 0 spiro atoms. The van der Waals surface area contributed by atoms with Gasteiger partial charge < -0.3 is 26.0 Å². The number of hydrogen-bond donors (Lipinski definition) is 4. The molecule has 1 aromatic rings. The Hall–Kier alpha value is -2.30. The number of rotatable bonds is 5. The molecule has 3 amide bonds. The van der Waals surface area contributed by atoms with E-state index in [0.29, 0.717) is 10.8 Å². The SMILES string of the molecule is Cc1cc(OC2CCCC2)ncc1N1C(=O)NC2=C(C(=O)N[C@@H]3CCCNC3)SC3NCCC1C23. The van der Waals surface area contributed by atoms with Gasteiger partial charge in [0.05, 0.1) is 28.2 Å². The smallest absolute Gasteiger partial charge is 0.326 e. The zero-order valence-electron chi connectivity index (χ0n) is 20.1. The van der Waals surface area contributed by atoms with E-state index in [1.54, 1.807) is 18.0 Å². The second-order valence-electron chi connectivity index (χ2n) is 10.3. The van der Waals surface area contributed by atoms with Crippen LogP contribution >= 0.6 is 11.8 Å². The van der Waals surface area contributed by atoms with Crippen LogP contribution in [0.4, 0.5) is 10.5 Å². The topological polar surface area (TPSA) is 108 Å². The fraction of sp³-hybridized carbons (Fsp3) is 0.640. The summed E-state index contributed by atoms with van der Waals surface area (Å²) in [6.45, 7) is 4.60. The van der Waals surface area contributed by atoms with Crippen LogP contribution in [0.3, 0.4) is 0 Å². The lowest BCUT2D eigenvalue weighted by Gasteiger charge is -2.46. The Bertz CT molecular complexity index is 1040. The van der Waals surface area contributed by atoms with E-state index in [1.165, 1.54) is 12.8 Å². The third-order valence-corrected chi connectivity index (χ3v) is 9.24. The van der Waals surface area contributed by atoms with Gasteiger partial charge in [-0.15, -0.1) is 0 Å². The summed E-state index contributed by atoms with van der Waals surface area (Å²) in [6, 6.07) is 1.86. The molecular formula is C25H34N6O3S. The Morgan fingerprint density at radius 1 is 1.20 bits per heavy atom. The number of carbonyl (C=O) groups excluding carboxylic acids is 2. The van der Waals surface area contributed by atoms with Crippen molar-refractivity contribution in [3.05, 3.63) is 28.4 Å². The maximum absolute atomic E-state index is 13.5. The standard InChI is InChI=1S/C25H34N6O3S/c1-14-11-19(34-16-6-2-3-7-16)28-13-18(14)31-17-8-10-27-24-20(17)21(30-25(31)33)22(35-24)23(32)29-15-5-4-9-26-12-15/h11,13,15-17,20,24,26-27H,2-10,12H2,1H3,(H,29,32)(H,30,33)/t15-,17?,20?,24?/m1/s1. The fourth-order valence-electron chi connectivity index (χ4n) is 6.14. The summed E-state index contributed by atoms with van der Waals surface area (Å²) in [4.78, 5) is 33.7. The number of ether oxygens (including phenoxy) is 1. The molecular weight excluding hydrogens is 464 g/mol. The first-order valence-electron chi connectivity index (χ1n) is 13.0. The van der Waals surface area contributed by atoms with Crippen molar-refractivity contribution in [3.63, 3.8) is 0 Å². The molecule has 0 aromatic carbocycles. The van der Waals surface area contributed by atoms with Gasteiger partial charge >= 0.3 is 6.03 Å². The number of thioether (sulfide) groups is 1. The van der Waals surface area contributed by atoms with Crippen LogP contribution in [0.2, 0.25) is 0 Å². The Morgan fingerprint density at radius 2 is 2.06 bits per heavy atom. The van der Waals surface area contributed by atoms with Gasteiger partial charge in [-0.3, -0.25) is 9.69 Å². The summed E-state index contributed by atoms with van der Waals surface area (Å²) in [5.74, 6) is 0.589. The van der Waals surface area contributed by atoms with Crippen molar-refractivity contribution in [3.8, 4) is 5.88 Å². The van der Waals surface area contributed by atoms with Crippen molar-refractivity contribution < 1.29 is 14.3 Å². The number of anilines is 1. The van der Waals surface area contributed by atoms with Crippen molar-refractivity contribution in [1.82, 2.24) is 26.3 Å². The average Bonchev–Trinajstić information content (AvgIpc) is 3.50. The van der Waals surface area contributed by atoms with E-state index in [9.17, 15) is 9.59 Å². The number of nitrogens with one attached hydrogen (secondary N) is 4. The van der Waals surface area contributed by atoms with Gasteiger partial charge in [0.25, 0.3) is 5.91 Å². The monoisotopic (exact) mass is 498 g/mol. The predicted octanol–water partition coefficient (Wildman–Crippen LogP) is 2.37. The third-order valence-electron chi connectivity index (χ3n) is 7.89. The molecule has 4 aliphatic heterocycles. The van der Waals surface area contributed by atoms with Crippen molar-refractivity contribution in [1.29, 1.82) is 0 Å². The third kappa shape index (κ3) is 4.40. The maximum atomic E-state index is 13.5. The van der Waals surface area contributed by atoms with E-state index in [0.717, 1.165) is 68.7 Å². The lowest BCUT2D eigenvalue weighted by molar-refractivity contribution is -0.117. The van der Waals surface area contributed by atoms with Crippen LogP contribution < -0.4 is 30.9 Å². The van der Waals surface area contributed by atoms with Crippen LogP contribution in [-0.2, 0) is 4.79 Å². The largest absolute Gasteiger partial charge is 0.474 e. The molecule has 188 valence electrons. The summed E-state index contributed by atoms with van der Waals surface area (Å²) in [5, 5.41) is 13.2. The highest BCUT2D eigenvalue weighted by Gasteiger charge is 2.52. The minimum atomic E-state index is -0.191. The molecule has 1 aromatic heterocycles. The van der Waals surface area contributed by atoms with Crippen LogP contribution in [0.15, 0.2) is 22.9 Å². The first-order valence-corrected chi connectivity index (χ1v) is 13.9. The Morgan fingerprint density at radius 3 is 2.83 bits per heavy atom. The van der Waals surface area contributed by atoms with E-state index in [-0.39, 0.29) is 41.4 Å². The Balaban J connectivity index is 1.24. The lowest BCUT2D eigenvalue weighted by atomic mass is 9.86. The zero-order valence-corrected chi connectivity index (χ0v) is 21.0. The quantitative estimate of drug-likeness (QED) is 0.494. The van der Waals surface area contributed by atoms with Gasteiger partial charge in [-0.05, 0) is 70.5 Å². The molecule has 5 heterocycles. The van der Waals surface area contributed by atoms with Gasteiger partial charge in [-0.25, -0.2) is 9.78 Å². The summed E-state index contributed by atoms with van der Waals surface area (Å²) >= 11 is 1.55. The molecule has 3 saturated heterocycles. The Kier molecular flexibility index (Phi) is 6.36. The first kappa shape index (κ1) is 23.1. The zero-order chi connectivity index (χ0) is 23.9. The second kappa shape index (κ2) is 9.63. The van der Waals surface area contributed by atoms with Crippen molar-refractivity contribution in [2.45, 2.75) is 75.4 Å². The molecule has 1 saturated carbocycles. The molecule has 35 heavy (non-hydrogen) atoms. The van der Waals surface area contributed by atoms with Crippen LogP contribution in [0.5, 0.6) is 5.88 Å². The van der Waals surface area contributed by atoms with Crippen molar-refractivity contribution >= 4 is 29.4 Å². The number of carbonyl (C=O) groups is 2. The molecule has 10 heteroatoms. The van der Waals surface area contributed by atoms with Gasteiger partial charge in [-0.2, -0.15) is 0 Å². The molecule has 1 aliphatic carbocycles. The van der Waals surface area contributed by atoms with Crippen molar-refractivity contribution in [2.75, 3.05) is 24.5 Å². The Labute approximate surface area is 210 Å². The van der Waals surface area contributed by atoms with Gasteiger partial charge in [0.2, 0.25) is 5.88 Å². The number of hydrogen-bond acceptors (Lipinski definition) is 7. The summed E-state index contributed by atoms with van der Waals surface area (Å²) < 4.78 is 6.08. The fourth-order valence-corrected chi connectivity index (χ4v) is 7.54. The van der Waals surface area contributed by atoms with Crippen molar-refractivity contribution in [2.24, 2.45) is 5.92 Å². The molecule has 4 N–H and O–H groups in total. The predicted molar refractivity (Wildman–Crippen MR) is 135 cm³/mol. The number of amides is 3. The van der Waals surface area contributed by atoms with E-state index >= 15 is 0 Å². The van der Waals surface area contributed by atoms with E-state index in [2.05, 4.69) is 26.3 Å². The van der Waals surface area contributed by atoms with Crippen LogP contribution in [0.25, 0.3) is 0 Å². The lowest BCUT2D eigenvalue weighted by Crippen LogP contribution is -2.62. The normalized spacial score (nSPS) is 30.8. The molecule has 0 radical (unpaired) electrons. The second-order valence-corrected chi connectivity index (χ2v) is 11.4. The molecule has 9 nitrogen and oxygen atoms in total. The number of piperidine rings is 2. The number of pyridine rings is 1. The van der Waals surface area contributed by atoms with Crippen LogP contribution in [0.1, 0.15) is 50.5 Å². The van der Waals surface area contributed by atoms with Gasteiger partial charge in [0.1, 0.15) is 6.10 Å². The number of aromatic nitrogens is 1. The van der Waals surface area contributed by atoms with E-state index in [1.807, 2.05) is 17.9 Å². The van der Waals surface area contributed by atoms with Gasteiger partial charge in [0.15, 0.2) is 0 Å². The highest BCUT2D eigenvalue weighted by Crippen LogP contribution is 2.48. The summed E-state index contributed by atoms with van der Waals surface area (Å²) in [5.41, 5.74) is 2.55. The molecule has 4 fully saturated rings. The van der Waals surface area contributed by atoms with E-state index in [4.69, 9.17) is 4.74 Å². The van der Waals surface area contributed by atoms with Crippen LogP contribution in [-0.4, -0.2) is 60.1 Å². The number of nitrogens with zero attached hydrogens (tertiary/aromatic N) is 2. The molecule has 3 unspecified atom stereocenters. The summed E-state index contributed by atoms with van der Waals surface area (Å²) in [7, 11) is 0. The highest BCUT2D eigenvalue weighted by molar-refractivity contribution is 8.04. The average molecular weight is 499 g/mol. The number of aryl methyl sites for hydroxylation is 1. The van der Waals surface area contributed by atoms with Gasteiger partial charge in [-0.1, -0.05) is 11.8 Å². The first-order chi connectivity index (χ1) is 17.1. The van der Waals surface area contributed by atoms with E-state index < -0.39 is 0 Å². The minimum absolute atomic E-state index is 0.0266. The molecule has 4 atom stereocenters. The van der Waals surface area contributed by atoms with Gasteiger partial charge in [0, 0.05) is 30.3 Å². The molecule has 5 aliphatic rings. The molecule has 0 bridgehead atoms.